The summed E-state index contributed by atoms with van der Waals surface area (Å²) in [4.78, 5) is 16.2. The number of esters is 1. The molecule has 0 fully saturated rings. The number of sulfone groups is 1. The Labute approximate surface area is 117 Å². The average molecular weight is 295 g/mol. The quantitative estimate of drug-likeness (QED) is 0.508. The standard InChI is InChI=1S/C11H14BN3O4S/c1-6-4-8(9(11(16)19-2)20(3,17)18)15-10(14-6)7(12)5-13-15/h4-5,9H,12H2,1-3H3. The van der Waals surface area contributed by atoms with Crippen molar-refractivity contribution in [3.63, 3.8) is 0 Å². The number of rotatable bonds is 3. The molecular weight excluding hydrogens is 281 g/mol. The van der Waals surface area contributed by atoms with E-state index in [0.29, 0.717) is 11.3 Å². The molecule has 0 saturated carbocycles. The van der Waals surface area contributed by atoms with Crippen molar-refractivity contribution in [1.82, 2.24) is 14.6 Å². The molecule has 0 radical (unpaired) electrons. The maximum absolute atomic E-state index is 11.9. The van der Waals surface area contributed by atoms with Gasteiger partial charge in [0, 0.05) is 18.1 Å². The molecule has 1 atom stereocenters. The van der Waals surface area contributed by atoms with Gasteiger partial charge in [-0.05, 0) is 18.5 Å². The van der Waals surface area contributed by atoms with E-state index in [4.69, 9.17) is 0 Å². The molecule has 0 N–H and O–H groups in total. The highest BCUT2D eigenvalue weighted by Gasteiger charge is 2.34. The summed E-state index contributed by atoms with van der Waals surface area (Å²) in [6.45, 7) is 1.73. The fourth-order valence-electron chi connectivity index (χ4n) is 2.03. The molecule has 2 rings (SSSR count). The normalized spacial score (nSPS) is 13.3. The van der Waals surface area contributed by atoms with Gasteiger partial charge in [0.1, 0.15) is 13.5 Å². The Morgan fingerprint density at radius 1 is 1.50 bits per heavy atom. The largest absolute Gasteiger partial charge is 0.468 e. The highest BCUT2D eigenvalue weighted by Crippen LogP contribution is 2.23. The number of hydrogen-bond donors (Lipinski definition) is 0. The van der Waals surface area contributed by atoms with Crippen LogP contribution in [0.4, 0.5) is 0 Å². The van der Waals surface area contributed by atoms with Crippen LogP contribution in [0.25, 0.3) is 5.65 Å². The molecule has 2 heterocycles. The number of carbonyl (C=O) groups excluding carboxylic acids is 1. The van der Waals surface area contributed by atoms with Crippen LogP contribution in [0.3, 0.4) is 0 Å². The second-order valence-electron chi connectivity index (χ2n) is 4.62. The van der Waals surface area contributed by atoms with Crippen molar-refractivity contribution in [1.29, 1.82) is 0 Å². The summed E-state index contributed by atoms with van der Waals surface area (Å²) in [7, 11) is -0.727. The Morgan fingerprint density at radius 3 is 2.70 bits per heavy atom. The van der Waals surface area contributed by atoms with E-state index in [-0.39, 0.29) is 5.69 Å². The Hall–Kier alpha value is -1.90. The molecule has 0 aliphatic carbocycles. The number of hydrogen-bond acceptors (Lipinski definition) is 6. The van der Waals surface area contributed by atoms with Crippen LogP contribution in [-0.2, 0) is 19.4 Å². The van der Waals surface area contributed by atoms with Crippen LogP contribution in [-0.4, -0.2) is 50.2 Å². The van der Waals surface area contributed by atoms with Gasteiger partial charge in [0.05, 0.1) is 12.8 Å². The first kappa shape index (κ1) is 14.5. The molecule has 0 bridgehead atoms. The third kappa shape index (κ3) is 2.40. The zero-order valence-electron chi connectivity index (χ0n) is 11.6. The van der Waals surface area contributed by atoms with Crippen LogP contribution >= 0.6 is 0 Å². The third-order valence-corrected chi connectivity index (χ3v) is 4.21. The lowest BCUT2D eigenvalue weighted by Crippen LogP contribution is -2.25. The number of methoxy groups -OCH3 is 1. The van der Waals surface area contributed by atoms with Crippen molar-refractivity contribution in [3.05, 3.63) is 23.7 Å². The van der Waals surface area contributed by atoms with E-state index in [1.54, 1.807) is 13.1 Å². The van der Waals surface area contributed by atoms with Crippen molar-refractivity contribution >= 4 is 34.8 Å². The van der Waals surface area contributed by atoms with Gasteiger partial charge < -0.3 is 4.74 Å². The maximum Gasteiger partial charge on any atom is 0.330 e. The molecule has 0 spiro atoms. The number of aromatic nitrogens is 3. The van der Waals surface area contributed by atoms with Crippen molar-refractivity contribution in [2.24, 2.45) is 0 Å². The molecule has 0 aliphatic rings. The molecule has 20 heavy (non-hydrogen) atoms. The molecule has 2 aromatic heterocycles. The minimum Gasteiger partial charge on any atom is -0.468 e. The molecule has 106 valence electrons. The first-order valence-electron chi connectivity index (χ1n) is 5.84. The van der Waals surface area contributed by atoms with E-state index < -0.39 is 21.1 Å². The van der Waals surface area contributed by atoms with Crippen LogP contribution in [0.2, 0.25) is 0 Å². The first-order valence-corrected chi connectivity index (χ1v) is 7.79. The van der Waals surface area contributed by atoms with E-state index >= 15 is 0 Å². The van der Waals surface area contributed by atoms with Gasteiger partial charge in [-0.1, -0.05) is 0 Å². The Morgan fingerprint density at radius 2 is 2.15 bits per heavy atom. The van der Waals surface area contributed by atoms with Crippen LogP contribution in [0.15, 0.2) is 12.3 Å². The highest BCUT2D eigenvalue weighted by atomic mass is 32.2. The number of carbonyl (C=O) groups is 1. The predicted octanol–water partition coefficient (Wildman–Crippen LogP) is -1.45. The fourth-order valence-corrected chi connectivity index (χ4v) is 3.08. The zero-order valence-corrected chi connectivity index (χ0v) is 12.4. The smallest absolute Gasteiger partial charge is 0.330 e. The molecule has 2 aromatic rings. The number of fused-ring (bicyclic) bond motifs is 1. The highest BCUT2D eigenvalue weighted by molar-refractivity contribution is 7.91. The Bertz CT molecular complexity index is 784. The van der Waals surface area contributed by atoms with Crippen molar-refractivity contribution in [3.8, 4) is 0 Å². The zero-order chi connectivity index (χ0) is 15.1. The fraction of sp³-hybridized carbons (Fsp3) is 0.364. The second-order valence-corrected chi connectivity index (χ2v) is 6.75. The Balaban J connectivity index is 2.81. The van der Waals surface area contributed by atoms with Gasteiger partial charge in [-0.2, -0.15) is 5.10 Å². The molecule has 0 saturated heterocycles. The summed E-state index contributed by atoms with van der Waals surface area (Å²) in [5, 5.41) is 2.67. The third-order valence-electron chi connectivity index (χ3n) is 2.92. The molecule has 0 amide bonds. The Kier molecular flexibility index (Phi) is 3.55. The van der Waals surface area contributed by atoms with Gasteiger partial charge >= 0.3 is 5.97 Å². The molecule has 9 heteroatoms. The molecule has 0 aliphatic heterocycles. The average Bonchev–Trinajstić information content (AvgIpc) is 2.69. The van der Waals surface area contributed by atoms with Gasteiger partial charge in [-0.15, -0.1) is 0 Å². The summed E-state index contributed by atoms with van der Waals surface area (Å²) in [6.07, 6.45) is 2.56. The molecule has 7 nitrogen and oxygen atoms in total. The minimum absolute atomic E-state index is 0.231. The van der Waals surface area contributed by atoms with Crippen molar-refractivity contribution < 1.29 is 17.9 Å². The topological polar surface area (TPSA) is 90.6 Å². The summed E-state index contributed by atoms with van der Waals surface area (Å²) < 4.78 is 29.8. The van der Waals surface area contributed by atoms with Gasteiger partial charge in [-0.25, -0.2) is 17.9 Å². The van der Waals surface area contributed by atoms with E-state index in [2.05, 4.69) is 14.8 Å². The molecular formula is C11H14BN3O4S. The molecule has 1 unspecified atom stereocenters. The maximum atomic E-state index is 11.9. The number of nitrogens with zero attached hydrogens (tertiary/aromatic N) is 3. The lowest BCUT2D eigenvalue weighted by molar-refractivity contribution is -0.140. The van der Waals surface area contributed by atoms with Crippen molar-refractivity contribution in [2.75, 3.05) is 13.4 Å². The van der Waals surface area contributed by atoms with Crippen LogP contribution in [0.5, 0.6) is 0 Å². The van der Waals surface area contributed by atoms with Gasteiger partial charge in [-0.3, -0.25) is 4.79 Å². The van der Waals surface area contributed by atoms with E-state index in [1.165, 1.54) is 10.6 Å². The lowest BCUT2D eigenvalue weighted by atomic mass is 10.0. The van der Waals surface area contributed by atoms with Crippen molar-refractivity contribution in [2.45, 2.75) is 12.2 Å². The summed E-state index contributed by atoms with van der Waals surface area (Å²) in [5.41, 5.74) is 2.16. The summed E-state index contributed by atoms with van der Waals surface area (Å²) >= 11 is 0. The van der Waals surface area contributed by atoms with Crippen LogP contribution in [0.1, 0.15) is 16.6 Å². The summed E-state index contributed by atoms with van der Waals surface area (Å²) in [5.74, 6) is -0.840. The number of aryl methyl sites for hydroxylation is 1. The van der Waals surface area contributed by atoms with Gasteiger partial charge in [0.15, 0.2) is 15.1 Å². The lowest BCUT2D eigenvalue weighted by Gasteiger charge is -2.15. The summed E-state index contributed by atoms with van der Waals surface area (Å²) in [6, 6.07) is 1.53. The molecule has 0 aromatic carbocycles. The predicted molar refractivity (Wildman–Crippen MR) is 75.5 cm³/mol. The van der Waals surface area contributed by atoms with Crippen LogP contribution in [0, 0.1) is 6.92 Å². The van der Waals surface area contributed by atoms with Gasteiger partial charge in [0.25, 0.3) is 0 Å². The van der Waals surface area contributed by atoms with Crippen LogP contribution < -0.4 is 5.46 Å². The van der Waals surface area contributed by atoms with E-state index in [1.807, 2.05) is 7.85 Å². The number of ether oxygens (including phenoxy) is 1. The van der Waals surface area contributed by atoms with E-state index in [9.17, 15) is 13.2 Å². The first-order chi connectivity index (χ1) is 9.25. The SMILES string of the molecule is Bc1cnn2c(C(C(=O)OC)S(C)(=O)=O)cc(C)nc12. The van der Waals surface area contributed by atoms with E-state index in [0.717, 1.165) is 18.8 Å². The minimum atomic E-state index is -3.69. The monoisotopic (exact) mass is 295 g/mol. The second kappa shape index (κ2) is 4.90. The van der Waals surface area contributed by atoms with Gasteiger partial charge in [0.2, 0.25) is 0 Å².